The van der Waals surface area contributed by atoms with Crippen LogP contribution in [0.5, 0.6) is 5.75 Å². The number of hydrogen-bond acceptors (Lipinski definition) is 3. The Kier molecular flexibility index (Phi) is 8.04. The van der Waals surface area contributed by atoms with Gasteiger partial charge in [0, 0.05) is 12.1 Å². The Bertz CT molecular complexity index is 836. The normalized spacial score (nSPS) is 12.2. The van der Waals surface area contributed by atoms with Gasteiger partial charge >= 0.3 is 0 Å². The van der Waals surface area contributed by atoms with E-state index >= 15 is 0 Å². The molecule has 0 heterocycles. The number of nitrogens with one attached hydrogen (secondary N) is 1. The van der Waals surface area contributed by atoms with Gasteiger partial charge in [-0.25, -0.2) is 0 Å². The summed E-state index contributed by atoms with van der Waals surface area (Å²) in [6, 6.07) is 15.0. The van der Waals surface area contributed by atoms with E-state index in [1.54, 1.807) is 12.0 Å². The number of benzene rings is 2. The van der Waals surface area contributed by atoms with Gasteiger partial charge < -0.3 is 15.0 Å². The molecule has 0 aromatic heterocycles. The maximum atomic E-state index is 13.3. The molecule has 5 nitrogen and oxygen atoms in total. The molecule has 1 unspecified atom stereocenters. The van der Waals surface area contributed by atoms with Gasteiger partial charge in [-0.05, 0) is 57.4 Å². The van der Waals surface area contributed by atoms with E-state index < -0.39 is 6.04 Å². The number of rotatable bonds is 8. The van der Waals surface area contributed by atoms with E-state index in [9.17, 15) is 9.59 Å². The fraction of sp³-hybridized carbons (Fsp3) is 0.440. The second-order valence-corrected chi connectivity index (χ2v) is 8.70. The summed E-state index contributed by atoms with van der Waals surface area (Å²) in [5.41, 5.74) is 2.68. The molecule has 30 heavy (non-hydrogen) atoms. The summed E-state index contributed by atoms with van der Waals surface area (Å²) in [6.07, 6.45) is 0.799. The molecule has 1 atom stereocenters. The standard InChI is InChI=1S/C25H34N2O3/c1-7-22(24(29)26-25(3,4)5)27(17-20-12-14-21(30-6)15-13-20)23(28)16-19-10-8-18(2)9-11-19/h8-15,22H,7,16-17H2,1-6H3,(H,26,29). The monoisotopic (exact) mass is 410 g/mol. The van der Waals surface area contributed by atoms with E-state index in [-0.39, 0.29) is 23.8 Å². The van der Waals surface area contributed by atoms with Crippen LogP contribution in [0.15, 0.2) is 48.5 Å². The van der Waals surface area contributed by atoms with Crippen LogP contribution in [-0.4, -0.2) is 35.4 Å². The molecule has 0 aliphatic carbocycles. The SMILES string of the molecule is CCC(C(=O)NC(C)(C)C)N(Cc1ccc(OC)cc1)C(=O)Cc1ccc(C)cc1. The summed E-state index contributed by atoms with van der Waals surface area (Å²) in [5, 5.41) is 3.03. The van der Waals surface area contributed by atoms with Crippen LogP contribution >= 0.6 is 0 Å². The van der Waals surface area contributed by atoms with Gasteiger partial charge in [0.25, 0.3) is 0 Å². The first-order valence-electron chi connectivity index (χ1n) is 10.4. The molecule has 0 radical (unpaired) electrons. The lowest BCUT2D eigenvalue weighted by atomic mass is 10.0. The molecule has 162 valence electrons. The fourth-order valence-corrected chi connectivity index (χ4v) is 3.28. The number of carbonyl (C=O) groups is 2. The van der Waals surface area contributed by atoms with Gasteiger partial charge in [0.05, 0.1) is 13.5 Å². The molecule has 2 amide bonds. The first-order chi connectivity index (χ1) is 14.1. The van der Waals surface area contributed by atoms with Crippen LogP contribution in [-0.2, 0) is 22.6 Å². The van der Waals surface area contributed by atoms with Gasteiger partial charge in [-0.2, -0.15) is 0 Å². The first kappa shape index (κ1) is 23.5. The lowest BCUT2D eigenvalue weighted by Crippen LogP contribution is -2.53. The third-order valence-electron chi connectivity index (χ3n) is 4.87. The molecule has 0 spiro atoms. The Balaban J connectivity index is 2.29. The van der Waals surface area contributed by atoms with Crippen molar-refractivity contribution in [3.8, 4) is 5.75 Å². The van der Waals surface area contributed by atoms with E-state index in [1.807, 2.05) is 83.1 Å². The largest absolute Gasteiger partial charge is 0.497 e. The highest BCUT2D eigenvalue weighted by Gasteiger charge is 2.30. The Labute approximate surface area is 180 Å². The van der Waals surface area contributed by atoms with Gasteiger partial charge in [-0.15, -0.1) is 0 Å². The molecular weight excluding hydrogens is 376 g/mol. The van der Waals surface area contributed by atoms with Crippen molar-refractivity contribution < 1.29 is 14.3 Å². The molecule has 0 bridgehead atoms. The van der Waals surface area contributed by atoms with Crippen LogP contribution in [0.3, 0.4) is 0 Å². The van der Waals surface area contributed by atoms with Crippen molar-refractivity contribution in [3.63, 3.8) is 0 Å². The average Bonchev–Trinajstić information content (AvgIpc) is 2.68. The minimum absolute atomic E-state index is 0.0643. The maximum Gasteiger partial charge on any atom is 0.243 e. The Hall–Kier alpha value is -2.82. The molecular formula is C25H34N2O3. The first-order valence-corrected chi connectivity index (χ1v) is 10.4. The number of aryl methyl sites for hydroxylation is 1. The molecule has 1 N–H and O–H groups in total. The van der Waals surface area contributed by atoms with Crippen molar-refractivity contribution in [3.05, 3.63) is 65.2 Å². The van der Waals surface area contributed by atoms with Crippen molar-refractivity contribution in [2.75, 3.05) is 7.11 Å². The average molecular weight is 411 g/mol. The zero-order valence-corrected chi connectivity index (χ0v) is 19.0. The summed E-state index contributed by atoms with van der Waals surface area (Å²) in [4.78, 5) is 28.0. The van der Waals surface area contributed by atoms with Crippen molar-refractivity contribution in [1.29, 1.82) is 0 Å². The number of nitrogens with zero attached hydrogens (tertiary/aromatic N) is 1. The fourth-order valence-electron chi connectivity index (χ4n) is 3.28. The van der Waals surface area contributed by atoms with Gasteiger partial charge in [-0.1, -0.05) is 48.9 Å². The Morgan fingerprint density at radius 1 is 1.00 bits per heavy atom. The molecule has 2 aromatic rings. The molecule has 0 saturated carbocycles. The zero-order chi connectivity index (χ0) is 22.3. The second-order valence-electron chi connectivity index (χ2n) is 8.70. The van der Waals surface area contributed by atoms with E-state index in [0.29, 0.717) is 13.0 Å². The van der Waals surface area contributed by atoms with Crippen molar-refractivity contribution >= 4 is 11.8 Å². The van der Waals surface area contributed by atoms with Gasteiger partial charge in [0.15, 0.2) is 0 Å². The topological polar surface area (TPSA) is 58.6 Å². The highest BCUT2D eigenvalue weighted by molar-refractivity contribution is 5.88. The molecule has 0 saturated heterocycles. The van der Waals surface area contributed by atoms with Crippen LogP contribution in [0.25, 0.3) is 0 Å². The minimum Gasteiger partial charge on any atom is -0.497 e. The third kappa shape index (κ3) is 6.90. The quantitative estimate of drug-likeness (QED) is 0.707. The number of amides is 2. The van der Waals surface area contributed by atoms with Crippen molar-refractivity contribution in [2.24, 2.45) is 0 Å². The number of methoxy groups -OCH3 is 1. The van der Waals surface area contributed by atoms with Gasteiger partial charge in [0.2, 0.25) is 11.8 Å². The minimum atomic E-state index is -0.538. The molecule has 0 aliphatic rings. The van der Waals surface area contributed by atoms with E-state index in [2.05, 4.69) is 5.32 Å². The number of hydrogen-bond donors (Lipinski definition) is 1. The van der Waals surface area contributed by atoms with E-state index in [1.165, 1.54) is 0 Å². The summed E-state index contributed by atoms with van der Waals surface area (Å²) < 4.78 is 5.23. The van der Waals surface area contributed by atoms with Crippen LogP contribution < -0.4 is 10.1 Å². The van der Waals surface area contributed by atoms with Gasteiger partial charge in [-0.3, -0.25) is 9.59 Å². The molecule has 0 fully saturated rings. The highest BCUT2D eigenvalue weighted by Crippen LogP contribution is 2.18. The third-order valence-corrected chi connectivity index (χ3v) is 4.87. The van der Waals surface area contributed by atoms with E-state index in [4.69, 9.17) is 4.74 Å². The molecule has 2 rings (SSSR count). The number of ether oxygens (including phenoxy) is 1. The number of carbonyl (C=O) groups excluding carboxylic acids is 2. The second kappa shape index (κ2) is 10.3. The zero-order valence-electron chi connectivity index (χ0n) is 19.0. The van der Waals surface area contributed by atoms with Gasteiger partial charge in [0.1, 0.15) is 11.8 Å². The van der Waals surface area contributed by atoms with E-state index in [0.717, 1.165) is 22.4 Å². The molecule has 0 aliphatic heterocycles. The van der Waals surface area contributed by atoms with Crippen molar-refractivity contribution in [1.82, 2.24) is 10.2 Å². The molecule has 2 aromatic carbocycles. The summed E-state index contributed by atoms with van der Waals surface area (Å²) >= 11 is 0. The summed E-state index contributed by atoms with van der Waals surface area (Å²) in [6.45, 7) is 10.2. The highest BCUT2D eigenvalue weighted by atomic mass is 16.5. The maximum absolute atomic E-state index is 13.3. The predicted molar refractivity (Wildman–Crippen MR) is 120 cm³/mol. The Morgan fingerprint density at radius 2 is 1.57 bits per heavy atom. The summed E-state index contributed by atoms with van der Waals surface area (Å²) in [7, 11) is 1.62. The lowest BCUT2D eigenvalue weighted by molar-refractivity contribution is -0.141. The lowest BCUT2D eigenvalue weighted by Gasteiger charge is -2.33. The van der Waals surface area contributed by atoms with Crippen molar-refractivity contribution in [2.45, 2.75) is 65.6 Å². The van der Waals surface area contributed by atoms with Crippen LogP contribution in [0, 0.1) is 6.92 Å². The Morgan fingerprint density at radius 3 is 2.07 bits per heavy atom. The predicted octanol–water partition coefficient (Wildman–Crippen LogP) is 4.27. The van der Waals surface area contributed by atoms with Crippen LogP contribution in [0.1, 0.15) is 50.8 Å². The smallest absolute Gasteiger partial charge is 0.243 e. The van der Waals surface area contributed by atoms with Crippen LogP contribution in [0.4, 0.5) is 0 Å². The molecule has 5 heteroatoms. The van der Waals surface area contributed by atoms with Crippen LogP contribution in [0.2, 0.25) is 0 Å². The summed E-state index contributed by atoms with van der Waals surface area (Å²) in [5.74, 6) is 0.565.